The number of quaternary nitrogens is 1. The van der Waals surface area contributed by atoms with E-state index in [1.54, 1.807) is 7.11 Å². The van der Waals surface area contributed by atoms with Gasteiger partial charge >= 0.3 is 11.0 Å². The van der Waals surface area contributed by atoms with Gasteiger partial charge in [-0.3, -0.25) is 0 Å². The summed E-state index contributed by atoms with van der Waals surface area (Å²) in [6.07, 6.45) is 0. The van der Waals surface area contributed by atoms with Gasteiger partial charge in [0.25, 0.3) is 0 Å². The van der Waals surface area contributed by atoms with E-state index >= 15 is 0 Å². The Balaban J connectivity index is 0. The first-order valence-electron chi connectivity index (χ1n) is 5.43. The SMILES string of the molecule is COCC[N+](C)(C)C.O=S(=O)([N-]S(=O)(=O)C(F)(F)F)C(F)(F)F. The number of hydrogen-bond acceptors (Lipinski definition) is 5. The molecule has 23 heavy (non-hydrogen) atoms. The third-order valence-electron chi connectivity index (χ3n) is 1.75. The zero-order chi connectivity index (χ0) is 19.3. The van der Waals surface area contributed by atoms with Crippen LogP contribution in [0.1, 0.15) is 0 Å². The quantitative estimate of drug-likeness (QED) is 0.516. The summed E-state index contributed by atoms with van der Waals surface area (Å²) in [6.45, 7) is 1.93. The second-order valence-electron chi connectivity index (χ2n) is 4.92. The van der Waals surface area contributed by atoms with Crippen molar-refractivity contribution >= 4 is 20.0 Å². The number of nitrogens with zero attached hydrogens (tertiary/aromatic N) is 2. The highest BCUT2D eigenvalue weighted by molar-refractivity contribution is 8.13. The molecule has 0 saturated heterocycles. The molecule has 0 amide bonds. The first kappa shape index (κ1) is 24.6. The Labute approximate surface area is 129 Å². The molecule has 0 unspecified atom stereocenters. The van der Waals surface area contributed by atoms with Gasteiger partial charge in [0.2, 0.25) is 0 Å². The van der Waals surface area contributed by atoms with Crippen LogP contribution in [0.3, 0.4) is 0 Å². The van der Waals surface area contributed by atoms with Gasteiger partial charge in [0.15, 0.2) is 20.0 Å². The van der Waals surface area contributed by atoms with E-state index in [0.717, 1.165) is 21.8 Å². The van der Waals surface area contributed by atoms with Crippen LogP contribution in [-0.4, -0.2) is 73.7 Å². The number of hydrogen-bond donors (Lipinski definition) is 0. The molecule has 0 spiro atoms. The van der Waals surface area contributed by atoms with E-state index in [9.17, 15) is 43.2 Å². The summed E-state index contributed by atoms with van der Waals surface area (Å²) in [5, 5.41) is 0. The van der Waals surface area contributed by atoms with Crippen molar-refractivity contribution in [1.29, 1.82) is 0 Å². The molecule has 0 atom stereocenters. The summed E-state index contributed by atoms with van der Waals surface area (Å²) in [5.41, 5.74) is -12.4. The Morgan fingerprint density at radius 1 is 0.870 bits per heavy atom. The van der Waals surface area contributed by atoms with E-state index in [-0.39, 0.29) is 0 Å². The number of halogens is 6. The number of rotatable bonds is 5. The average Bonchev–Trinajstić information content (AvgIpc) is 2.21. The monoisotopic (exact) mass is 398 g/mol. The molecule has 15 heteroatoms. The zero-order valence-corrected chi connectivity index (χ0v) is 14.1. The lowest BCUT2D eigenvalue weighted by molar-refractivity contribution is -0.870. The van der Waals surface area contributed by atoms with Gasteiger partial charge in [-0.25, -0.2) is 16.8 Å². The van der Waals surface area contributed by atoms with Gasteiger partial charge in [0.1, 0.15) is 6.54 Å². The molecule has 142 valence electrons. The van der Waals surface area contributed by atoms with E-state index in [0.29, 0.717) is 0 Å². The van der Waals surface area contributed by atoms with Crippen LogP contribution < -0.4 is 0 Å². The minimum atomic E-state index is -6.72. The number of methoxy groups -OCH3 is 1. The average molecular weight is 398 g/mol. The summed E-state index contributed by atoms with van der Waals surface area (Å²) < 4.78 is 115. The van der Waals surface area contributed by atoms with Gasteiger partial charge in [-0.15, -0.1) is 0 Å². The maximum absolute atomic E-state index is 11.4. The maximum Gasteiger partial charge on any atom is 0.480 e. The van der Waals surface area contributed by atoms with E-state index in [1.165, 1.54) is 0 Å². The van der Waals surface area contributed by atoms with Crippen LogP contribution in [0.4, 0.5) is 26.3 Å². The Bertz CT molecular complexity index is 519. The number of likely N-dealkylation sites (N-methyl/N-ethyl adjacent to an activating group) is 1. The lowest BCUT2D eigenvalue weighted by atomic mass is 10.5. The zero-order valence-electron chi connectivity index (χ0n) is 12.4. The fourth-order valence-corrected chi connectivity index (χ4v) is 2.29. The smallest absolute Gasteiger partial charge is 0.421 e. The van der Waals surface area contributed by atoms with Crippen molar-refractivity contribution in [1.82, 2.24) is 0 Å². The number of alkyl halides is 6. The van der Waals surface area contributed by atoms with Gasteiger partial charge in [-0.05, 0) is 0 Å². The second-order valence-corrected chi connectivity index (χ2v) is 8.35. The normalized spacial score (nSPS) is 14.2. The Kier molecular flexibility index (Phi) is 8.51. The first-order chi connectivity index (χ1) is 9.77. The third kappa shape index (κ3) is 9.95. The maximum atomic E-state index is 11.4. The molecule has 0 saturated carbocycles. The molecule has 0 N–H and O–H groups in total. The Morgan fingerprint density at radius 3 is 1.30 bits per heavy atom. The fraction of sp³-hybridized carbons (Fsp3) is 1.00. The van der Waals surface area contributed by atoms with Gasteiger partial charge < -0.3 is 13.3 Å². The summed E-state index contributed by atoms with van der Waals surface area (Å²) in [6, 6.07) is 0. The summed E-state index contributed by atoms with van der Waals surface area (Å²) >= 11 is 0. The lowest BCUT2D eigenvalue weighted by Gasteiger charge is -2.22. The van der Waals surface area contributed by atoms with Gasteiger partial charge in [0.05, 0.1) is 27.7 Å². The van der Waals surface area contributed by atoms with Crippen LogP contribution in [0.5, 0.6) is 0 Å². The van der Waals surface area contributed by atoms with Crippen LogP contribution >= 0.6 is 0 Å². The molecule has 0 bridgehead atoms. The van der Waals surface area contributed by atoms with Crippen LogP contribution in [0, 0.1) is 0 Å². The fourth-order valence-electron chi connectivity index (χ4n) is 0.579. The van der Waals surface area contributed by atoms with Crippen LogP contribution in [0.25, 0.3) is 4.13 Å². The molecule has 0 radical (unpaired) electrons. The van der Waals surface area contributed by atoms with Gasteiger partial charge in [0, 0.05) is 7.11 Å². The molecule has 0 aromatic rings. The lowest BCUT2D eigenvalue weighted by Crippen LogP contribution is -2.37. The highest BCUT2D eigenvalue weighted by Gasteiger charge is 2.46. The van der Waals surface area contributed by atoms with Crippen LogP contribution in [0.15, 0.2) is 0 Å². The van der Waals surface area contributed by atoms with Gasteiger partial charge in [-0.2, -0.15) is 26.3 Å². The first-order valence-corrected chi connectivity index (χ1v) is 8.31. The summed E-state index contributed by atoms with van der Waals surface area (Å²) in [7, 11) is -5.26. The van der Waals surface area contributed by atoms with Crippen molar-refractivity contribution in [2.45, 2.75) is 11.0 Å². The van der Waals surface area contributed by atoms with Crippen LogP contribution in [0.2, 0.25) is 0 Å². The molecule has 0 heterocycles. The van der Waals surface area contributed by atoms with E-state index in [1.807, 2.05) is 0 Å². The molecule has 0 rings (SSSR count). The Morgan fingerprint density at radius 2 is 1.17 bits per heavy atom. The van der Waals surface area contributed by atoms with E-state index in [2.05, 4.69) is 21.1 Å². The summed E-state index contributed by atoms with van der Waals surface area (Å²) in [5.74, 6) is 0. The van der Waals surface area contributed by atoms with Gasteiger partial charge in [-0.1, -0.05) is 0 Å². The van der Waals surface area contributed by atoms with E-state index in [4.69, 9.17) is 4.74 Å². The second kappa shape index (κ2) is 7.96. The van der Waals surface area contributed by atoms with Crippen molar-refractivity contribution in [2.24, 2.45) is 0 Å². The van der Waals surface area contributed by atoms with Crippen molar-refractivity contribution in [3.63, 3.8) is 0 Å². The Hall–Kier alpha value is -0.640. The molecular formula is C8H16F6N2O5S2. The summed E-state index contributed by atoms with van der Waals surface area (Å²) in [4.78, 5) is 0. The van der Waals surface area contributed by atoms with Crippen molar-refractivity contribution in [3.8, 4) is 0 Å². The highest BCUT2D eigenvalue weighted by Crippen LogP contribution is 2.36. The third-order valence-corrected chi connectivity index (χ3v) is 4.49. The largest absolute Gasteiger partial charge is 0.480 e. The topological polar surface area (TPSA) is 91.6 Å². The standard InChI is InChI=1S/C6H16NO.C2F6NO4S2/c1-7(2,3)5-6-8-4;3-1(4,5)14(10,11)9-15(12,13)2(6,7)8/h5-6H2,1-4H3;/q+1;-1. The molecule has 0 aromatic carbocycles. The predicted octanol–water partition coefficient (Wildman–Crippen LogP) is 1.40. The predicted molar refractivity (Wildman–Crippen MR) is 68.1 cm³/mol. The van der Waals surface area contributed by atoms with Crippen molar-refractivity contribution in [3.05, 3.63) is 4.13 Å². The minimum absolute atomic E-state index is 0.778. The molecule has 7 nitrogen and oxygen atoms in total. The molecule has 0 aromatic heterocycles. The minimum Gasteiger partial charge on any atom is -0.421 e. The molecule has 0 aliphatic rings. The molecule has 0 aliphatic heterocycles. The molecular weight excluding hydrogens is 382 g/mol. The van der Waals surface area contributed by atoms with Crippen molar-refractivity contribution < 1.29 is 52.4 Å². The highest BCUT2D eigenvalue weighted by atomic mass is 32.3. The van der Waals surface area contributed by atoms with Crippen LogP contribution in [-0.2, 0) is 24.8 Å². The van der Waals surface area contributed by atoms with Crippen molar-refractivity contribution in [2.75, 3.05) is 41.4 Å². The number of sulfonamides is 2. The number of ether oxygens (including phenoxy) is 1. The van der Waals surface area contributed by atoms with E-state index < -0.39 is 31.1 Å². The molecule has 0 aliphatic carbocycles. The molecule has 0 fully saturated rings.